The number of fused-ring (bicyclic) bond motifs is 1. The van der Waals surface area contributed by atoms with E-state index in [0.29, 0.717) is 0 Å². The smallest absolute Gasteiger partial charge is 0.145 e. The molecule has 0 spiro atoms. The van der Waals surface area contributed by atoms with E-state index in [1.165, 1.54) is 32.7 Å². The second kappa shape index (κ2) is 8.50. The molecule has 1 fully saturated rings. The number of hydrogen-bond donors (Lipinski definition) is 1. The van der Waals surface area contributed by atoms with E-state index in [-0.39, 0.29) is 0 Å². The number of ether oxygens (including phenoxy) is 1. The second-order valence-electron chi connectivity index (χ2n) is 6.72. The average molecular weight is 342 g/mol. The van der Waals surface area contributed by atoms with Crippen LogP contribution in [0.2, 0.25) is 0 Å². The Morgan fingerprint density at radius 1 is 1.16 bits per heavy atom. The average Bonchev–Trinajstić information content (AvgIpc) is 2.65. The van der Waals surface area contributed by atoms with Gasteiger partial charge in [-0.2, -0.15) is 0 Å². The fraction of sp³-hybridized carbons (Fsp3) is 0.550. The van der Waals surface area contributed by atoms with Gasteiger partial charge in [0.05, 0.1) is 7.11 Å². The van der Waals surface area contributed by atoms with E-state index >= 15 is 0 Å². The number of anilines is 1. The van der Waals surface area contributed by atoms with Crippen LogP contribution < -0.4 is 10.1 Å². The van der Waals surface area contributed by atoms with E-state index in [9.17, 15) is 0 Å². The Balaban J connectivity index is 1.57. The Bertz CT molecular complexity index is 695. The van der Waals surface area contributed by atoms with Crippen molar-refractivity contribution >= 4 is 16.6 Å². The van der Waals surface area contributed by atoms with Crippen LogP contribution in [-0.2, 0) is 0 Å². The maximum Gasteiger partial charge on any atom is 0.145 e. The predicted molar refractivity (Wildman–Crippen MR) is 105 cm³/mol. The summed E-state index contributed by atoms with van der Waals surface area (Å²) in [5, 5.41) is 4.73. The van der Waals surface area contributed by atoms with Crippen molar-refractivity contribution in [3.63, 3.8) is 0 Å². The number of hydrogen-bond acceptors (Lipinski definition) is 5. The first-order chi connectivity index (χ1) is 12.2. The van der Waals surface area contributed by atoms with E-state index in [2.05, 4.69) is 39.2 Å². The number of benzene rings is 1. The quantitative estimate of drug-likeness (QED) is 0.784. The van der Waals surface area contributed by atoms with Crippen LogP contribution in [0.25, 0.3) is 10.9 Å². The zero-order chi connectivity index (χ0) is 17.6. The Labute approximate surface area is 151 Å². The lowest BCUT2D eigenvalue weighted by Gasteiger charge is -2.34. The van der Waals surface area contributed by atoms with Gasteiger partial charge in [-0.05, 0) is 38.6 Å². The summed E-state index contributed by atoms with van der Waals surface area (Å²) in [5.41, 5.74) is 3.09. The molecular formula is C20H30N4O. The number of piperazine rings is 1. The Morgan fingerprint density at radius 3 is 2.64 bits per heavy atom. The first kappa shape index (κ1) is 18.0. The molecule has 25 heavy (non-hydrogen) atoms. The maximum absolute atomic E-state index is 5.46. The van der Waals surface area contributed by atoms with Gasteiger partial charge in [-0.15, -0.1) is 0 Å². The lowest BCUT2D eigenvalue weighted by Crippen LogP contribution is -2.46. The number of aromatic nitrogens is 1. The normalized spacial score (nSPS) is 16.3. The van der Waals surface area contributed by atoms with Crippen LogP contribution >= 0.6 is 0 Å². The third-order valence-corrected chi connectivity index (χ3v) is 5.03. The van der Waals surface area contributed by atoms with Crippen molar-refractivity contribution in [2.24, 2.45) is 0 Å². The molecule has 5 nitrogen and oxygen atoms in total. The molecule has 2 aromatic rings. The topological polar surface area (TPSA) is 40.6 Å². The highest BCUT2D eigenvalue weighted by molar-refractivity contribution is 5.95. The Hall–Kier alpha value is -1.85. The number of nitrogens with one attached hydrogen (secondary N) is 1. The summed E-state index contributed by atoms with van der Waals surface area (Å²) in [6.45, 7) is 12.4. The molecule has 5 heteroatoms. The van der Waals surface area contributed by atoms with Crippen LogP contribution in [-0.4, -0.2) is 67.7 Å². The van der Waals surface area contributed by atoms with Gasteiger partial charge in [0, 0.05) is 49.5 Å². The van der Waals surface area contributed by atoms with Gasteiger partial charge in [0.25, 0.3) is 0 Å². The number of para-hydroxylation sites is 1. The van der Waals surface area contributed by atoms with Crippen LogP contribution in [0.5, 0.6) is 5.75 Å². The molecule has 0 radical (unpaired) electrons. The van der Waals surface area contributed by atoms with Gasteiger partial charge in [-0.25, -0.2) is 4.98 Å². The lowest BCUT2D eigenvalue weighted by molar-refractivity contribution is 0.137. The number of nitrogens with zero attached hydrogens (tertiary/aromatic N) is 3. The minimum absolute atomic E-state index is 0.832. The van der Waals surface area contributed by atoms with Crippen molar-refractivity contribution < 1.29 is 4.74 Å². The summed E-state index contributed by atoms with van der Waals surface area (Å²) < 4.78 is 5.46. The molecule has 0 atom stereocenters. The minimum atomic E-state index is 0.832. The van der Waals surface area contributed by atoms with E-state index in [4.69, 9.17) is 4.74 Å². The first-order valence-electron chi connectivity index (χ1n) is 9.34. The summed E-state index contributed by atoms with van der Waals surface area (Å²) >= 11 is 0. The lowest BCUT2D eigenvalue weighted by atomic mass is 10.1. The van der Waals surface area contributed by atoms with Crippen LogP contribution in [0.4, 0.5) is 5.69 Å². The molecule has 1 aromatic heterocycles. The van der Waals surface area contributed by atoms with Crippen LogP contribution in [0.15, 0.2) is 24.3 Å². The third-order valence-electron chi connectivity index (χ3n) is 5.03. The molecular weight excluding hydrogens is 312 g/mol. The van der Waals surface area contributed by atoms with Crippen molar-refractivity contribution in [2.45, 2.75) is 20.3 Å². The van der Waals surface area contributed by atoms with Crippen molar-refractivity contribution in [3.05, 3.63) is 30.0 Å². The van der Waals surface area contributed by atoms with Gasteiger partial charge >= 0.3 is 0 Å². The zero-order valence-electron chi connectivity index (χ0n) is 15.7. The van der Waals surface area contributed by atoms with Crippen molar-refractivity contribution in [1.29, 1.82) is 0 Å². The highest BCUT2D eigenvalue weighted by atomic mass is 16.5. The molecule has 0 amide bonds. The van der Waals surface area contributed by atoms with Crippen molar-refractivity contribution in [3.8, 4) is 5.75 Å². The summed E-state index contributed by atoms with van der Waals surface area (Å²) in [7, 11) is 1.70. The predicted octanol–water partition coefficient (Wildman–Crippen LogP) is 2.99. The molecule has 0 unspecified atom stereocenters. The zero-order valence-corrected chi connectivity index (χ0v) is 15.7. The van der Waals surface area contributed by atoms with E-state index in [0.717, 1.165) is 47.5 Å². The number of rotatable bonds is 7. The SMILES string of the molecule is CCN1CCN(CCCNc2cc(C)nc3c(OC)cccc23)CC1. The van der Waals surface area contributed by atoms with Crippen LogP contribution in [0, 0.1) is 6.92 Å². The molecule has 1 N–H and O–H groups in total. The van der Waals surface area contributed by atoms with Gasteiger partial charge in [-0.1, -0.05) is 19.1 Å². The molecule has 0 bridgehead atoms. The van der Waals surface area contributed by atoms with E-state index in [1.807, 2.05) is 19.1 Å². The standard InChI is InChI=1S/C20H30N4O/c1-4-23-11-13-24(14-12-23)10-6-9-21-18-15-16(2)22-20-17(18)7-5-8-19(20)25-3/h5,7-8,15H,4,6,9-14H2,1-3H3,(H,21,22). The number of aryl methyl sites for hydroxylation is 1. The molecule has 1 saturated heterocycles. The maximum atomic E-state index is 5.46. The van der Waals surface area contributed by atoms with E-state index in [1.54, 1.807) is 7.11 Å². The fourth-order valence-corrected chi connectivity index (χ4v) is 3.52. The largest absolute Gasteiger partial charge is 0.494 e. The van der Waals surface area contributed by atoms with Crippen LogP contribution in [0.1, 0.15) is 19.0 Å². The highest BCUT2D eigenvalue weighted by Crippen LogP contribution is 2.29. The van der Waals surface area contributed by atoms with Crippen molar-refractivity contribution in [2.75, 3.05) is 58.2 Å². The fourth-order valence-electron chi connectivity index (χ4n) is 3.52. The van der Waals surface area contributed by atoms with Gasteiger partial charge in [0.1, 0.15) is 11.3 Å². The summed E-state index contributed by atoms with van der Waals surface area (Å²) in [5.74, 6) is 0.832. The number of likely N-dealkylation sites (N-methyl/N-ethyl adjacent to an activating group) is 1. The molecule has 2 heterocycles. The third kappa shape index (κ3) is 4.41. The van der Waals surface area contributed by atoms with Crippen molar-refractivity contribution in [1.82, 2.24) is 14.8 Å². The van der Waals surface area contributed by atoms with Crippen LogP contribution in [0.3, 0.4) is 0 Å². The summed E-state index contributed by atoms with van der Waals surface area (Å²) in [6.07, 6.45) is 1.15. The highest BCUT2D eigenvalue weighted by Gasteiger charge is 2.14. The van der Waals surface area contributed by atoms with E-state index < -0.39 is 0 Å². The molecule has 1 aliphatic heterocycles. The minimum Gasteiger partial charge on any atom is -0.494 e. The first-order valence-corrected chi connectivity index (χ1v) is 9.34. The molecule has 1 aromatic carbocycles. The Morgan fingerprint density at radius 2 is 1.92 bits per heavy atom. The second-order valence-corrected chi connectivity index (χ2v) is 6.72. The van der Waals surface area contributed by atoms with Gasteiger partial charge in [0.2, 0.25) is 0 Å². The molecule has 3 rings (SSSR count). The summed E-state index contributed by atoms with van der Waals surface area (Å²) in [6, 6.07) is 8.23. The number of methoxy groups -OCH3 is 1. The van der Waals surface area contributed by atoms with Gasteiger partial charge < -0.3 is 19.9 Å². The Kier molecular flexibility index (Phi) is 6.10. The molecule has 1 aliphatic rings. The molecule has 0 saturated carbocycles. The molecule has 136 valence electrons. The number of pyridine rings is 1. The molecule has 0 aliphatic carbocycles. The van der Waals surface area contributed by atoms with Gasteiger partial charge in [-0.3, -0.25) is 0 Å². The monoisotopic (exact) mass is 342 g/mol. The van der Waals surface area contributed by atoms with Gasteiger partial charge in [0.15, 0.2) is 0 Å². The summed E-state index contributed by atoms with van der Waals surface area (Å²) in [4.78, 5) is 9.74.